The van der Waals surface area contributed by atoms with Crippen LogP contribution in [0, 0.1) is 0 Å². The summed E-state index contributed by atoms with van der Waals surface area (Å²) in [5.41, 5.74) is 2.95. The van der Waals surface area contributed by atoms with Gasteiger partial charge in [0.2, 0.25) is 0 Å². The van der Waals surface area contributed by atoms with Crippen LogP contribution in [0.5, 0.6) is 11.5 Å². The first-order valence-electron chi connectivity index (χ1n) is 11.2. The third kappa shape index (κ3) is 5.71. The van der Waals surface area contributed by atoms with Gasteiger partial charge in [0.25, 0.3) is 0 Å². The molecule has 0 atom stereocenters. The molecule has 3 aromatic rings. The average Bonchev–Trinajstić information content (AvgIpc) is 3.14. The summed E-state index contributed by atoms with van der Waals surface area (Å²) >= 11 is 0. The SMILES string of the molecule is COc1ccc(NC(=O)Nc2ccc(-c3ccc(N4CCCCCC4)nn3)cc2)c(OC)c1. The number of urea groups is 1. The van der Waals surface area contributed by atoms with Gasteiger partial charge in [-0.15, -0.1) is 10.2 Å². The van der Waals surface area contributed by atoms with Crippen LogP contribution in [0.25, 0.3) is 11.3 Å². The van der Waals surface area contributed by atoms with Crippen LogP contribution in [-0.4, -0.2) is 43.5 Å². The Morgan fingerprint density at radius 1 is 0.848 bits per heavy atom. The van der Waals surface area contributed by atoms with Crippen LogP contribution < -0.4 is 25.0 Å². The average molecular weight is 448 g/mol. The maximum absolute atomic E-state index is 12.4. The van der Waals surface area contributed by atoms with Crippen molar-refractivity contribution in [3.63, 3.8) is 0 Å². The van der Waals surface area contributed by atoms with Gasteiger partial charge in [0.1, 0.15) is 11.5 Å². The number of rotatable bonds is 6. The predicted octanol–water partition coefficient (Wildman–Crippen LogP) is 5.19. The van der Waals surface area contributed by atoms with Gasteiger partial charge >= 0.3 is 6.03 Å². The number of hydrogen-bond donors (Lipinski definition) is 2. The van der Waals surface area contributed by atoms with Gasteiger partial charge in [-0.1, -0.05) is 25.0 Å². The van der Waals surface area contributed by atoms with Gasteiger partial charge in [-0.25, -0.2) is 4.79 Å². The first-order chi connectivity index (χ1) is 16.2. The van der Waals surface area contributed by atoms with Gasteiger partial charge < -0.3 is 25.0 Å². The highest BCUT2D eigenvalue weighted by Crippen LogP contribution is 2.29. The Bertz CT molecular complexity index is 1060. The molecule has 0 radical (unpaired) electrons. The highest BCUT2D eigenvalue weighted by molar-refractivity contribution is 6.00. The molecule has 1 aromatic heterocycles. The molecule has 0 spiro atoms. The maximum Gasteiger partial charge on any atom is 0.323 e. The highest BCUT2D eigenvalue weighted by atomic mass is 16.5. The lowest BCUT2D eigenvalue weighted by molar-refractivity contribution is 0.262. The number of nitrogens with zero attached hydrogens (tertiary/aromatic N) is 3. The molecule has 1 aliphatic heterocycles. The third-order valence-electron chi connectivity index (χ3n) is 5.68. The number of benzene rings is 2. The standard InChI is InChI=1S/C25H29N5O3/c1-32-20-11-12-22(23(17-20)33-2)27-25(31)26-19-9-7-18(8-10-19)21-13-14-24(29-28-21)30-15-5-3-4-6-16-30/h7-14,17H,3-6,15-16H2,1-2H3,(H2,26,27,31). The minimum Gasteiger partial charge on any atom is -0.497 e. The fraction of sp³-hybridized carbons (Fsp3) is 0.320. The topological polar surface area (TPSA) is 88.6 Å². The van der Waals surface area contributed by atoms with Crippen LogP contribution in [0.4, 0.5) is 22.0 Å². The maximum atomic E-state index is 12.4. The molecule has 8 nitrogen and oxygen atoms in total. The Labute approximate surface area is 193 Å². The van der Waals surface area contributed by atoms with Crippen molar-refractivity contribution in [2.24, 2.45) is 0 Å². The Balaban J connectivity index is 1.37. The molecule has 2 N–H and O–H groups in total. The van der Waals surface area contributed by atoms with Crippen molar-refractivity contribution < 1.29 is 14.3 Å². The van der Waals surface area contributed by atoms with E-state index < -0.39 is 0 Å². The molecule has 2 aromatic carbocycles. The van der Waals surface area contributed by atoms with E-state index in [4.69, 9.17) is 9.47 Å². The summed E-state index contributed by atoms with van der Waals surface area (Å²) in [5.74, 6) is 2.10. The molecule has 1 aliphatic rings. The van der Waals surface area contributed by atoms with Crippen molar-refractivity contribution in [3.8, 4) is 22.8 Å². The lowest BCUT2D eigenvalue weighted by Crippen LogP contribution is -2.25. The van der Waals surface area contributed by atoms with Gasteiger partial charge in [0, 0.05) is 30.4 Å². The number of anilines is 3. The van der Waals surface area contributed by atoms with E-state index in [1.165, 1.54) is 25.7 Å². The molecule has 2 heterocycles. The molecule has 1 fully saturated rings. The predicted molar refractivity (Wildman–Crippen MR) is 130 cm³/mol. The molecule has 33 heavy (non-hydrogen) atoms. The minimum absolute atomic E-state index is 0.368. The summed E-state index contributed by atoms with van der Waals surface area (Å²) in [7, 11) is 3.12. The molecule has 2 amide bonds. The number of nitrogens with one attached hydrogen (secondary N) is 2. The Kier molecular flexibility index (Phi) is 7.24. The second-order valence-electron chi connectivity index (χ2n) is 7.90. The number of ether oxygens (including phenoxy) is 2. The Hall–Kier alpha value is -3.81. The van der Waals surface area contributed by atoms with Crippen molar-refractivity contribution in [2.45, 2.75) is 25.7 Å². The van der Waals surface area contributed by atoms with E-state index in [0.29, 0.717) is 22.9 Å². The summed E-state index contributed by atoms with van der Waals surface area (Å²) < 4.78 is 10.5. The molecule has 4 rings (SSSR count). The molecule has 172 valence electrons. The lowest BCUT2D eigenvalue weighted by Gasteiger charge is -2.20. The number of carbonyl (C=O) groups excluding carboxylic acids is 1. The normalized spacial score (nSPS) is 13.7. The van der Waals surface area contributed by atoms with Crippen LogP contribution in [0.3, 0.4) is 0 Å². The first kappa shape index (κ1) is 22.4. The van der Waals surface area contributed by atoms with E-state index in [-0.39, 0.29) is 6.03 Å². The van der Waals surface area contributed by atoms with Crippen molar-refractivity contribution >= 4 is 23.2 Å². The summed E-state index contributed by atoms with van der Waals surface area (Å²) in [6, 6.07) is 16.4. The van der Waals surface area contributed by atoms with Gasteiger partial charge in [-0.2, -0.15) is 0 Å². The van der Waals surface area contributed by atoms with Gasteiger partial charge in [0.15, 0.2) is 5.82 Å². The molecule has 1 saturated heterocycles. The van der Waals surface area contributed by atoms with E-state index in [1.807, 2.05) is 36.4 Å². The van der Waals surface area contributed by atoms with Gasteiger partial charge in [0.05, 0.1) is 25.6 Å². The Morgan fingerprint density at radius 3 is 2.24 bits per heavy atom. The zero-order valence-electron chi connectivity index (χ0n) is 19.0. The van der Waals surface area contributed by atoms with E-state index in [1.54, 1.807) is 32.4 Å². The molecule has 0 unspecified atom stereocenters. The number of methoxy groups -OCH3 is 2. The molecular weight excluding hydrogens is 418 g/mol. The zero-order chi connectivity index (χ0) is 23.0. The summed E-state index contributed by atoms with van der Waals surface area (Å²) in [6.45, 7) is 2.08. The van der Waals surface area contributed by atoms with Crippen molar-refractivity contribution in [3.05, 3.63) is 54.6 Å². The van der Waals surface area contributed by atoms with E-state index in [2.05, 4.69) is 25.7 Å². The number of amides is 2. The molecule has 0 aliphatic carbocycles. The highest BCUT2D eigenvalue weighted by Gasteiger charge is 2.12. The lowest BCUT2D eigenvalue weighted by atomic mass is 10.1. The second kappa shape index (κ2) is 10.7. The number of hydrogen-bond acceptors (Lipinski definition) is 6. The molecule has 0 bridgehead atoms. The van der Waals surface area contributed by atoms with E-state index in [0.717, 1.165) is 30.2 Å². The second-order valence-corrected chi connectivity index (χ2v) is 7.90. The summed E-state index contributed by atoms with van der Waals surface area (Å²) in [5, 5.41) is 14.5. The van der Waals surface area contributed by atoms with Crippen LogP contribution in [0.1, 0.15) is 25.7 Å². The number of aromatic nitrogens is 2. The fourth-order valence-corrected chi connectivity index (χ4v) is 3.86. The Morgan fingerprint density at radius 2 is 1.61 bits per heavy atom. The van der Waals surface area contributed by atoms with Crippen molar-refractivity contribution in [1.82, 2.24) is 10.2 Å². The summed E-state index contributed by atoms with van der Waals surface area (Å²) in [6.07, 6.45) is 4.98. The quantitative estimate of drug-likeness (QED) is 0.541. The van der Waals surface area contributed by atoms with Gasteiger partial charge in [-0.3, -0.25) is 0 Å². The van der Waals surface area contributed by atoms with Crippen LogP contribution >= 0.6 is 0 Å². The fourth-order valence-electron chi connectivity index (χ4n) is 3.86. The zero-order valence-corrected chi connectivity index (χ0v) is 19.0. The molecular formula is C25H29N5O3. The van der Waals surface area contributed by atoms with E-state index in [9.17, 15) is 4.79 Å². The van der Waals surface area contributed by atoms with Crippen LogP contribution in [0.15, 0.2) is 54.6 Å². The third-order valence-corrected chi connectivity index (χ3v) is 5.68. The minimum atomic E-state index is -0.368. The largest absolute Gasteiger partial charge is 0.497 e. The monoisotopic (exact) mass is 447 g/mol. The van der Waals surface area contributed by atoms with Crippen LogP contribution in [0.2, 0.25) is 0 Å². The van der Waals surface area contributed by atoms with Gasteiger partial charge in [-0.05, 0) is 49.2 Å². The summed E-state index contributed by atoms with van der Waals surface area (Å²) in [4.78, 5) is 14.7. The molecule has 8 heteroatoms. The van der Waals surface area contributed by atoms with Crippen molar-refractivity contribution in [2.75, 3.05) is 42.8 Å². The molecule has 0 saturated carbocycles. The van der Waals surface area contributed by atoms with Crippen LogP contribution in [-0.2, 0) is 0 Å². The van der Waals surface area contributed by atoms with E-state index >= 15 is 0 Å². The van der Waals surface area contributed by atoms with Crippen molar-refractivity contribution in [1.29, 1.82) is 0 Å². The number of carbonyl (C=O) groups is 1. The smallest absolute Gasteiger partial charge is 0.323 e. The first-order valence-corrected chi connectivity index (χ1v) is 11.2.